The van der Waals surface area contributed by atoms with Crippen LogP contribution < -0.4 is 5.32 Å². The molecule has 0 bridgehead atoms. The van der Waals surface area contributed by atoms with Gasteiger partial charge < -0.3 is 14.8 Å². The Labute approximate surface area is 222 Å². The maximum Gasteiger partial charge on any atom is 0.248 e. The van der Waals surface area contributed by atoms with E-state index in [2.05, 4.69) is 36.2 Å². The predicted octanol–water partition coefficient (Wildman–Crippen LogP) is 4.40. The third-order valence-electron chi connectivity index (χ3n) is 6.52. The molecule has 188 valence electrons. The van der Waals surface area contributed by atoms with Crippen molar-refractivity contribution in [3.8, 4) is 11.1 Å². The van der Waals surface area contributed by atoms with Crippen molar-refractivity contribution in [1.29, 1.82) is 0 Å². The molecule has 1 aromatic carbocycles. The molecule has 9 nitrogen and oxygen atoms in total. The zero-order valence-corrected chi connectivity index (χ0v) is 22.0. The van der Waals surface area contributed by atoms with E-state index < -0.39 is 6.04 Å². The first kappa shape index (κ1) is 24.8. The van der Waals surface area contributed by atoms with E-state index in [9.17, 15) is 14.4 Å². The van der Waals surface area contributed by atoms with E-state index in [1.165, 1.54) is 6.92 Å². The first-order valence-electron chi connectivity index (χ1n) is 12.0. The zero-order valence-electron chi connectivity index (χ0n) is 20.4. The molecule has 1 aliphatic rings. The van der Waals surface area contributed by atoms with Gasteiger partial charge in [-0.1, -0.05) is 12.1 Å². The average molecular weight is 561 g/mol. The summed E-state index contributed by atoms with van der Waals surface area (Å²) in [6, 6.07) is 10.4. The molecule has 0 spiro atoms. The van der Waals surface area contributed by atoms with Gasteiger partial charge in [0, 0.05) is 47.2 Å². The number of carbonyl (C=O) groups excluding carboxylic acids is 3. The molecular formula is C27H25BrN6O3. The van der Waals surface area contributed by atoms with Crippen LogP contribution in [-0.2, 0) is 16.1 Å². The zero-order chi connectivity index (χ0) is 26.1. The second-order valence-corrected chi connectivity index (χ2v) is 9.87. The minimum absolute atomic E-state index is 0.0235. The summed E-state index contributed by atoms with van der Waals surface area (Å²) in [5.74, 6) is 0.580. The quantitative estimate of drug-likeness (QED) is 0.276. The number of hydrogen-bond acceptors (Lipinski definition) is 6. The molecule has 1 aliphatic heterocycles. The van der Waals surface area contributed by atoms with Crippen LogP contribution in [0.5, 0.6) is 0 Å². The van der Waals surface area contributed by atoms with E-state index >= 15 is 0 Å². The van der Waals surface area contributed by atoms with Gasteiger partial charge in [0.2, 0.25) is 11.8 Å². The topological polar surface area (TPSA) is 110 Å². The number of carbonyl (C=O) groups is 3. The summed E-state index contributed by atoms with van der Waals surface area (Å²) in [5, 5.41) is 3.57. The van der Waals surface area contributed by atoms with Crippen molar-refractivity contribution < 1.29 is 14.4 Å². The van der Waals surface area contributed by atoms with Crippen molar-refractivity contribution in [3.63, 3.8) is 0 Å². The fraction of sp³-hybridized carbons (Fsp3) is 0.259. The summed E-state index contributed by atoms with van der Waals surface area (Å²) in [4.78, 5) is 53.2. The lowest BCUT2D eigenvalue weighted by Crippen LogP contribution is -2.44. The van der Waals surface area contributed by atoms with E-state index in [0.717, 1.165) is 28.5 Å². The van der Waals surface area contributed by atoms with Crippen molar-refractivity contribution >= 4 is 50.2 Å². The van der Waals surface area contributed by atoms with E-state index in [1.54, 1.807) is 46.3 Å². The van der Waals surface area contributed by atoms with Crippen LogP contribution in [0.2, 0.25) is 0 Å². The number of aryl methyl sites for hydroxylation is 1. The predicted molar refractivity (Wildman–Crippen MR) is 143 cm³/mol. The normalized spacial score (nSPS) is 15.2. The Bertz CT molecular complexity index is 1510. The first-order valence-corrected chi connectivity index (χ1v) is 12.7. The number of aromatic nitrogens is 4. The lowest BCUT2D eigenvalue weighted by molar-refractivity contribution is -0.137. The summed E-state index contributed by atoms with van der Waals surface area (Å²) in [7, 11) is 0. The maximum absolute atomic E-state index is 13.4. The van der Waals surface area contributed by atoms with E-state index in [4.69, 9.17) is 0 Å². The lowest BCUT2D eigenvalue weighted by Gasteiger charge is -2.24. The number of amides is 2. The highest BCUT2D eigenvalue weighted by Crippen LogP contribution is 2.29. The van der Waals surface area contributed by atoms with Gasteiger partial charge in [0.1, 0.15) is 28.8 Å². The monoisotopic (exact) mass is 560 g/mol. The molecule has 0 saturated carbocycles. The van der Waals surface area contributed by atoms with Gasteiger partial charge in [0.25, 0.3) is 0 Å². The van der Waals surface area contributed by atoms with Crippen molar-refractivity contribution in [1.82, 2.24) is 24.4 Å². The van der Waals surface area contributed by atoms with Crippen molar-refractivity contribution in [2.24, 2.45) is 0 Å². The number of nitrogens with zero attached hydrogens (tertiary/aromatic N) is 5. The molecule has 1 atom stereocenters. The van der Waals surface area contributed by atoms with Gasteiger partial charge in [-0.05, 0) is 72.4 Å². The Morgan fingerprint density at radius 2 is 1.89 bits per heavy atom. The Kier molecular flexibility index (Phi) is 6.84. The Morgan fingerprint density at radius 1 is 1.11 bits per heavy atom. The molecule has 3 aromatic heterocycles. The third kappa shape index (κ3) is 5.15. The number of benzene rings is 1. The highest BCUT2D eigenvalue weighted by molar-refractivity contribution is 9.10. The molecule has 10 heteroatoms. The summed E-state index contributed by atoms with van der Waals surface area (Å²) in [6.07, 6.45) is 6.54. The molecule has 2 amide bonds. The number of hydrogen-bond donors (Lipinski definition) is 1. The van der Waals surface area contributed by atoms with Gasteiger partial charge in [0.05, 0.1) is 0 Å². The van der Waals surface area contributed by atoms with Crippen LogP contribution >= 0.6 is 15.9 Å². The van der Waals surface area contributed by atoms with Crippen molar-refractivity contribution in [3.05, 3.63) is 71.0 Å². The minimum atomic E-state index is -0.574. The fourth-order valence-electron chi connectivity index (χ4n) is 4.69. The number of rotatable bonds is 6. The van der Waals surface area contributed by atoms with Crippen molar-refractivity contribution in [2.75, 3.05) is 11.9 Å². The molecule has 1 fully saturated rings. The summed E-state index contributed by atoms with van der Waals surface area (Å²) < 4.78 is 2.40. The number of halogens is 1. The number of Topliss-reactive ketones (excluding diaryl/α,β-unsaturated/α-hetero) is 1. The molecular weight excluding hydrogens is 536 g/mol. The number of ketones is 1. The molecule has 0 radical (unpaired) electrons. The molecule has 1 N–H and O–H groups in total. The molecule has 0 aliphatic carbocycles. The number of anilines is 1. The van der Waals surface area contributed by atoms with Gasteiger partial charge >= 0.3 is 0 Å². The van der Waals surface area contributed by atoms with Gasteiger partial charge in [-0.25, -0.2) is 15.0 Å². The number of fused-ring (bicyclic) bond motifs is 1. The second kappa shape index (κ2) is 10.2. The van der Waals surface area contributed by atoms with Crippen LogP contribution in [0.15, 0.2) is 59.6 Å². The highest BCUT2D eigenvalue weighted by Gasteiger charge is 2.34. The first-order chi connectivity index (χ1) is 17.8. The molecule has 1 saturated heterocycles. The summed E-state index contributed by atoms with van der Waals surface area (Å²) >= 11 is 3.30. The van der Waals surface area contributed by atoms with Crippen molar-refractivity contribution in [2.45, 2.75) is 39.3 Å². The number of pyridine rings is 1. The smallest absolute Gasteiger partial charge is 0.248 e. The maximum atomic E-state index is 13.4. The van der Waals surface area contributed by atoms with Gasteiger partial charge in [-0.3, -0.25) is 14.4 Å². The molecule has 37 heavy (non-hydrogen) atoms. The van der Waals surface area contributed by atoms with Crippen LogP contribution in [0.3, 0.4) is 0 Å². The molecule has 5 rings (SSSR count). The molecule has 0 unspecified atom stereocenters. The average Bonchev–Trinajstić information content (AvgIpc) is 3.50. The Morgan fingerprint density at radius 3 is 2.62 bits per heavy atom. The third-order valence-corrected chi connectivity index (χ3v) is 6.96. The van der Waals surface area contributed by atoms with Crippen LogP contribution in [-0.4, -0.2) is 54.6 Å². The van der Waals surface area contributed by atoms with Crippen LogP contribution in [0.25, 0.3) is 22.0 Å². The lowest BCUT2D eigenvalue weighted by atomic mass is 10.0. The largest absolute Gasteiger partial charge is 0.337 e. The second-order valence-electron chi connectivity index (χ2n) is 9.06. The number of likely N-dealkylation sites (tertiary alicyclic amines) is 1. The SMILES string of the molecule is CC(=O)c1cn(CC(=O)N2CCC[C@H]2C(=O)Nc2cccc(Br)n2)c2ccc(-c3cnc(C)nc3)cc12. The number of nitrogens with one attached hydrogen (secondary N) is 1. The van der Waals surface area contributed by atoms with E-state index in [-0.39, 0.29) is 24.1 Å². The molecule has 4 aromatic rings. The summed E-state index contributed by atoms with van der Waals surface area (Å²) in [6.45, 7) is 3.86. The van der Waals surface area contributed by atoms with E-state index in [1.807, 2.05) is 25.1 Å². The van der Waals surface area contributed by atoms with Crippen LogP contribution in [0.1, 0.15) is 35.9 Å². The highest BCUT2D eigenvalue weighted by atomic mass is 79.9. The van der Waals surface area contributed by atoms with E-state index in [0.29, 0.717) is 34.8 Å². The van der Waals surface area contributed by atoms with Crippen LogP contribution in [0.4, 0.5) is 5.82 Å². The van der Waals surface area contributed by atoms with Crippen LogP contribution in [0, 0.1) is 6.92 Å². The fourth-order valence-corrected chi connectivity index (χ4v) is 5.04. The standard InChI is InChI=1S/C27H25BrN6O3/c1-16(35)21-14-33(22-9-8-18(11-20(21)22)19-12-29-17(2)30-13-19)15-26(36)34-10-4-5-23(34)27(37)32-25-7-3-6-24(28)31-25/h3,6-9,11-14,23H,4-5,10,15H2,1-2H3,(H,31,32,37)/t23-/m0/s1. The van der Waals surface area contributed by atoms with Gasteiger partial charge in [0.15, 0.2) is 5.78 Å². The Balaban J connectivity index is 1.39. The minimum Gasteiger partial charge on any atom is -0.337 e. The molecule has 4 heterocycles. The Hall–Kier alpha value is -3.92. The summed E-state index contributed by atoms with van der Waals surface area (Å²) in [5.41, 5.74) is 3.04. The van der Waals surface area contributed by atoms with Gasteiger partial charge in [-0.15, -0.1) is 0 Å². The van der Waals surface area contributed by atoms with Gasteiger partial charge in [-0.2, -0.15) is 0 Å².